The molecule has 2 rings (SSSR count). The zero-order valence-electron chi connectivity index (χ0n) is 12.1. The van der Waals surface area contributed by atoms with Gasteiger partial charge >= 0.3 is 6.01 Å². The largest absolute Gasteiger partial charge is 0.467 e. The second kappa shape index (κ2) is 6.83. The van der Waals surface area contributed by atoms with Crippen LogP contribution in [0, 0.1) is 0 Å². The van der Waals surface area contributed by atoms with Crippen LogP contribution in [0.2, 0.25) is 0 Å². The standard InChI is InChI=1S/C13H20N6O/c1-4-6-10-14-8-9-19(10)12-16-11(15-7-5-2)17-13(18-12)20-3/h8-9H,4-7H2,1-3H3,(H,15,16,17,18). The van der Waals surface area contributed by atoms with Gasteiger partial charge in [-0.1, -0.05) is 13.8 Å². The van der Waals surface area contributed by atoms with Crippen LogP contribution in [0.5, 0.6) is 6.01 Å². The van der Waals surface area contributed by atoms with Crippen LogP contribution in [0.25, 0.3) is 5.95 Å². The smallest absolute Gasteiger partial charge is 0.322 e. The Morgan fingerprint density at radius 3 is 2.75 bits per heavy atom. The van der Waals surface area contributed by atoms with Crippen molar-refractivity contribution in [3.05, 3.63) is 18.2 Å². The summed E-state index contributed by atoms with van der Waals surface area (Å²) in [6, 6.07) is 0.296. The van der Waals surface area contributed by atoms with Crippen LogP contribution in [-0.4, -0.2) is 38.2 Å². The number of ether oxygens (including phenoxy) is 1. The Kier molecular flexibility index (Phi) is 4.86. The van der Waals surface area contributed by atoms with Gasteiger partial charge in [0.1, 0.15) is 5.82 Å². The third-order valence-corrected chi connectivity index (χ3v) is 2.73. The molecule has 0 saturated heterocycles. The quantitative estimate of drug-likeness (QED) is 0.831. The van der Waals surface area contributed by atoms with E-state index in [2.05, 4.69) is 39.1 Å². The molecule has 2 aromatic rings. The molecule has 7 nitrogen and oxygen atoms in total. The van der Waals surface area contributed by atoms with Gasteiger partial charge in [0.25, 0.3) is 0 Å². The van der Waals surface area contributed by atoms with E-state index in [1.54, 1.807) is 13.3 Å². The van der Waals surface area contributed by atoms with Crippen LogP contribution in [0.15, 0.2) is 12.4 Å². The molecule has 1 N–H and O–H groups in total. The predicted molar refractivity (Wildman–Crippen MR) is 76.3 cm³/mol. The van der Waals surface area contributed by atoms with E-state index < -0.39 is 0 Å². The average molecular weight is 276 g/mol. The van der Waals surface area contributed by atoms with Crippen molar-refractivity contribution in [3.8, 4) is 12.0 Å². The number of nitrogens with zero attached hydrogens (tertiary/aromatic N) is 5. The van der Waals surface area contributed by atoms with Gasteiger partial charge in [0, 0.05) is 25.4 Å². The van der Waals surface area contributed by atoms with E-state index in [9.17, 15) is 0 Å². The molecule has 0 fully saturated rings. The summed E-state index contributed by atoms with van der Waals surface area (Å²) >= 11 is 0. The summed E-state index contributed by atoms with van der Waals surface area (Å²) < 4.78 is 7.00. The molecule has 0 saturated carbocycles. The van der Waals surface area contributed by atoms with Crippen LogP contribution >= 0.6 is 0 Å². The minimum Gasteiger partial charge on any atom is -0.467 e. The molecule has 0 aromatic carbocycles. The first kappa shape index (κ1) is 14.2. The summed E-state index contributed by atoms with van der Waals surface area (Å²) in [6.45, 7) is 5.00. The zero-order valence-corrected chi connectivity index (χ0v) is 12.1. The SMILES string of the molecule is CCCNc1nc(OC)nc(-n2ccnc2CCC)n1. The van der Waals surface area contributed by atoms with Crippen LogP contribution in [0.1, 0.15) is 32.5 Å². The molecule has 0 unspecified atom stereocenters. The van der Waals surface area contributed by atoms with Crippen molar-refractivity contribution in [3.63, 3.8) is 0 Å². The van der Waals surface area contributed by atoms with Crippen molar-refractivity contribution in [1.82, 2.24) is 24.5 Å². The number of hydrogen-bond acceptors (Lipinski definition) is 6. The third-order valence-electron chi connectivity index (χ3n) is 2.73. The number of hydrogen-bond donors (Lipinski definition) is 1. The Balaban J connectivity index is 2.36. The summed E-state index contributed by atoms with van der Waals surface area (Å²) in [5.74, 6) is 1.98. The molecule has 0 aliphatic carbocycles. The number of methoxy groups -OCH3 is 1. The van der Waals surface area contributed by atoms with E-state index in [-0.39, 0.29) is 0 Å². The first-order valence-electron chi connectivity index (χ1n) is 6.85. The Hall–Kier alpha value is -2.18. The van der Waals surface area contributed by atoms with Crippen LogP contribution < -0.4 is 10.1 Å². The van der Waals surface area contributed by atoms with Crippen molar-refractivity contribution >= 4 is 5.95 Å². The maximum Gasteiger partial charge on any atom is 0.322 e. The van der Waals surface area contributed by atoms with Gasteiger partial charge in [-0.15, -0.1) is 0 Å². The Labute approximate surface area is 118 Å². The molecule has 20 heavy (non-hydrogen) atoms. The number of aromatic nitrogens is 5. The molecule has 0 bridgehead atoms. The lowest BCUT2D eigenvalue weighted by atomic mass is 10.3. The van der Waals surface area contributed by atoms with Crippen molar-refractivity contribution in [2.24, 2.45) is 0 Å². The Morgan fingerprint density at radius 1 is 1.20 bits per heavy atom. The molecule has 0 aliphatic heterocycles. The van der Waals surface area contributed by atoms with Gasteiger partial charge in [-0.2, -0.15) is 15.0 Å². The number of rotatable bonds is 7. The van der Waals surface area contributed by atoms with Crippen molar-refractivity contribution in [2.45, 2.75) is 33.1 Å². The maximum atomic E-state index is 5.14. The Morgan fingerprint density at radius 2 is 2.05 bits per heavy atom. The second-order valence-corrected chi connectivity index (χ2v) is 4.34. The highest BCUT2D eigenvalue weighted by atomic mass is 16.5. The van der Waals surface area contributed by atoms with Gasteiger partial charge in [0.2, 0.25) is 11.9 Å². The molecular weight excluding hydrogens is 256 g/mol. The van der Waals surface area contributed by atoms with Gasteiger partial charge in [-0.25, -0.2) is 4.98 Å². The van der Waals surface area contributed by atoms with E-state index in [4.69, 9.17) is 4.74 Å². The topological polar surface area (TPSA) is 77.8 Å². The molecule has 0 atom stereocenters. The lowest BCUT2D eigenvalue weighted by molar-refractivity contribution is 0.378. The fourth-order valence-corrected chi connectivity index (χ4v) is 1.79. The minimum absolute atomic E-state index is 0.296. The molecule has 0 amide bonds. The average Bonchev–Trinajstić information content (AvgIpc) is 2.93. The number of aryl methyl sites for hydroxylation is 1. The first-order valence-corrected chi connectivity index (χ1v) is 6.85. The number of imidazole rings is 1. The van der Waals surface area contributed by atoms with Gasteiger partial charge < -0.3 is 10.1 Å². The lowest BCUT2D eigenvalue weighted by Crippen LogP contribution is -2.11. The van der Waals surface area contributed by atoms with E-state index in [0.717, 1.165) is 31.6 Å². The monoisotopic (exact) mass is 276 g/mol. The van der Waals surface area contributed by atoms with E-state index >= 15 is 0 Å². The van der Waals surface area contributed by atoms with Gasteiger partial charge in [-0.3, -0.25) is 4.57 Å². The summed E-state index contributed by atoms with van der Waals surface area (Å²) in [5, 5.41) is 3.15. The Bertz CT molecular complexity index is 554. The molecular formula is C13H20N6O. The highest BCUT2D eigenvalue weighted by molar-refractivity contribution is 5.31. The molecule has 2 aromatic heterocycles. The zero-order chi connectivity index (χ0) is 14.4. The number of nitrogens with one attached hydrogen (secondary N) is 1. The van der Waals surface area contributed by atoms with Gasteiger partial charge in [0.05, 0.1) is 7.11 Å². The second-order valence-electron chi connectivity index (χ2n) is 4.34. The van der Waals surface area contributed by atoms with E-state index in [1.165, 1.54) is 0 Å². The van der Waals surface area contributed by atoms with Crippen LogP contribution in [0.4, 0.5) is 5.95 Å². The minimum atomic E-state index is 0.296. The summed E-state index contributed by atoms with van der Waals surface area (Å²) in [4.78, 5) is 17.2. The maximum absolute atomic E-state index is 5.14. The molecule has 7 heteroatoms. The normalized spacial score (nSPS) is 10.6. The predicted octanol–water partition coefficient (Wildman–Crippen LogP) is 1.84. The third kappa shape index (κ3) is 3.23. The van der Waals surface area contributed by atoms with Gasteiger partial charge in [0.15, 0.2) is 0 Å². The fourth-order valence-electron chi connectivity index (χ4n) is 1.79. The lowest BCUT2D eigenvalue weighted by Gasteiger charge is -2.09. The van der Waals surface area contributed by atoms with Crippen LogP contribution in [0.3, 0.4) is 0 Å². The van der Waals surface area contributed by atoms with Crippen molar-refractivity contribution < 1.29 is 4.74 Å². The molecule has 0 radical (unpaired) electrons. The highest BCUT2D eigenvalue weighted by Gasteiger charge is 2.11. The highest BCUT2D eigenvalue weighted by Crippen LogP contribution is 2.13. The van der Waals surface area contributed by atoms with Crippen molar-refractivity contribution in [2.75, 3.05) is 19.0 Å². The first-order chi connectivity index (χ1) is 9.78. The van der Waals surface area contributed by atoms with Crippen LogP contribution in [-0.2, 0) is 6.42 Å². The van der Waals surface area contributed by atoms with E-state index in [0.29, 0.717) is 17.9 Å². The number of anilines is 1. The molecule has 0 aliphatic rings. The molecule has 0 spiro atoms. The van der Waals surface area contributed by atoms with Gasteiger partial charge in [-0.05, 0) is 12.8 Å². The molecule has 108 valence electrons. The summed E-state index contributed by atoms with van der Waals surface area (Å²) in [6.07, 6.45) is 6.48. The summed E-state index contributed by atoms with van der Waals surface area (Å²) in [5.41, 5.74) is 0. The fraction of sp³-hybridized carbons (Fsp3) is 0.538. The molecule has 2 heterocycles. The summed E-state index contributed by atoms with van der Waals surface area (Å²) in [7, 11) is 1.55. The van der Waals surface area contributed by atoms with Crippen molar-refractivity contribution in [1.29, 1.82) is 0 Å². The van der Waals surface area contributed by atoms with E-state index in [1.807, 2.05) is 10.8 Å².